The van der Waals surface area contributed by atoms with Crippen LogP contribution < -0.4 is 10.6 Å². The van der Waals surface area contributed by atoms with Gasteiger partial charge in [-0.1, -0.05) is 18.9 Å². The molecule has 20 heavy (non-hydrogen) atoms. The fourth-order valence-corrected chi connectivity index (χ4v) is 1.63. The van der Waals surface area contributed by atoms with Crippen molar-refractivity contribution in [3.8, 4) is 0 Å². The van der Waals surface area contributed by atoms with Crippen LogP contribution in [0.5, 0.6) is 0 Å². The fraction of sp³-hybridized carbons (Fsp3) is 0.615. The Morgan fingerprint density at radius 3 is 2.50 bits per heavy atom. The molecule has 0 aliphatic heterocycles. The molecule has 0 atom stereocenters. The van der Waals surface area contributed by atoms with Crippen LogP contribution in [0.3, 0.4) is 0 Å². The molecule has 0 spiro atoms. The molecule has 2 N–H and O–H groups in total. The largest absolute Gasteiger partial charge is 0.444 e. The molecule has 2 rings (SSSR count). The molecule has 0 amide bonds. The molecule has 0 radical (unpaired) electrons. The molecule has 7 heteroatoms. The molecule has 2 aromatic rings. The molecule has 0 aliphatic rings. The lowest BCUT2D eigenvalue weighted by Crippen LogP contribution is -2.19. The summed E-state index contributed by atoms with van der Waals surface area (Å²) in [6, 6.07) is 0.375. The van der Waals surface area contributed by atoms with Gasteiger partial charge in [0.25, 0.3) is 0 Å². The molecule has 0 aromatic carbocycles. The Kier molecular flexibility index (Phi) is 4.73. The Morgan fingerprint density at radius 1 is 1.05 bits per heavy atom. The summed E-state index contributed by atoms with van der Waals surface area (Å²) in [5.74, 6) is 2.59. The lowest BCUT2D eigenvalue weighted by Gasteiger charge is -2.03. The first-order chi connectivity index (χ1) is 9.54. The van der Waals surface area contributed by atoms with Crippen molar-refractivity contribution in [2.45, 2.75) is 40.8 Å². The molecule has 0 fully saturated rings. The maximum atomic E-state index is 5.46. The molecule has 0 aliphatic carbocycles. The van der Waals surface area contributed by atoms with Crippen LogP contribution >= 0.6 is 0 Å². The Bertz CT molecular complexity index is 527. The standard InChI is InChI=1S/C13H21N5O2/c1-8(2)5-14-6-12-17-18-13(20-12)15-7-11-16-9(3)10(4)19-11/h8,14H,5-7H2,1-4H3,(H,15,18). The Hall–Kier alpha value is -1.89. The number of rotatable bonds is 7. The van der Waals surface area contributed by atoms with Crippen molar-refractivity contribution >= 4 is 6.01 Å². The average Bonchev–Trinajstić information content (AvgIpc) is 2.95. The molecular formula is C13H21N5O2. The van der Waals surface area contributed by atoms with Crippen molar-refractivity contribution in [2.24, 2.45) is 5.92 Å². The molecule has 0 bridgehead atoms. The van der Waals surface area contributed by atoms with Gasteiger partial charge in [-0.2, -0.15) is 0 Å². The van der Waals surface area contributed by atoms with E-state index in [1.54, 1.807) is 0 Å². The molecule has 0 saturated heterocycles. The number of hydrogen-bond donors (Lipinski definition) is 2. The summed E-state index contributed by atoms with van der Waals surface area (Å²) >= 11 is 0. The van der Waals surface area contributed by atoms with Gasteiger partial charge in [-0.05, 0) is 26.3 Å². The van der Waals surface area contributed by atoms with Gasteiger partial charge in [0.2, 0.25) is 11.8 Å². The van der Waals surface area contributed by atoms with Crippen LogP contribution in [0.2, 0.25) is 0 Å². The number of aryl methyl sites for hydroxylation is 2. The van der Waals surface area contributed by atoms with E-state index in [0.717, 1.165) is 18.0 Å². The van der Waals surface area contributed by atoms with Gasteiger partial charge in [-0.15, -0.1) is 5.10 Å². The van der Waals surface area contributed by atoms with Gasteiger partial charge in [0, 0.05) is 0 Å². The van der Waals surface area contributed by atoms with E-state index in [4.69, 9.17) is 8.83 Å². The van der Waals surface area contributed by atoms with Crippen LogP contribution in [0.4, 0.5) is 6.01 Å². The average molecular weight is 279 g/mol. The smallest absolute Gasteiger partial charge is 0.315 e. The van der Waals surface area contributed by atoms with Crippen LogP contribution in [-0.2, 0) is 13.1 Å². The van der Waals surface area contributed by atoms with E-state index in [-0.39, 0.29) is 0 Å². The first kappa shape index (κ1) is 14.5. The van der Waals surface area contributed by atoms with Gasteiger partial charge in [0.15, 0.2) is 0 Å². The van der Waals surface area contributed by atoms with E-state index in [1.165, 1.54) is 0 Å². The molecular weight excluding hydrogens is 258 g/mol. The van der Waals surface area contributed by atoms with Crippen molar-refractivity contribution in [3.05, 3.63) is 23.2 Å². The van der Waals surface area contributed by atoms with Crippen LogP contribution in [-0.4, -0.2) is 21.7 Å². The lowest BCUT2D eigenvalue weighted by molar-refractivity contribution is 0.451. The molecule has 0 unspecified atom stereocenters. The van der Waals surface area contributed by atoms with Gasteiger partial charge in [0.05, 0.1) is 18.8 Å². The highest BCUT2D eigenvalue weighted by molar-refractivity contribution is 5.18. The Balaban J connectivity index is 1.80. The predicted molar refractivity (Wildman–Crippen MR) is 74.1 cm³/mol. The van der Waals surface area contributed by atoms with E-state index in [9.17, 15) is 0 Å². The summed E-state index contributed by atoms with van der Waals surface area (Å²) in [5, 5.41) is 14.1. The summed E-state index contributed by atoms with van der Waals surface area (Å²) < 4.78 is 10.9. The zero-order chi connectivity index (χ0) is 14.5. The number of anilines is 1. The normalized spacial score (nSPS) is 11.2. The third-order valence-corrected chi connectivity index (χ3v) is 2.76. The van der Waals surface area contributed by atoms with Crippen molar-refractivity contribution in [1.82, 2.24) is 20.5 Å². The topological polar surface area (TPSA) is 89.0 Å². The first-order valence-electron chi connectivity index (χ1n) is 6.74. The number of nitrogens with zero attached hydrogens (tertiary/aromatic N) is 3. The van der Waals surface area contributed by atoms with E-state index in [1.807, 2.05) is 13.8 Å². The minimum absolute atomic E-state index is 0.375. The zero-order valence-electron chi connectivity index (χ0n) is 12.4. The number of oxazole rings is 1. The fourth-order valence-electron chi connectivity index (χ4n) is 1.63. The minimum atomic E-state index is 0.375. The summed E-state index contributed by atoms with van der Waals surface area (Å²) in [6.45, 7) is 10.0. The number of aromatic nitrogens is 3. The van der Waals surface area contributed by atoms with Crippen molar-refractivity contribution in [3.63, 3.8) is 0 Å². The van der Waals surface area contributed by atoms with E-state index in [2.05, 4.69) is 39.7 Å². The highest BCUT2D eigenvalue weighted by Crippen LogP contribution is 2.11. The minimum Gasteiger partial charge on any atom is -0.444 e. The van der Waals surface area contributed by atoms with Gasteiger partial charge in [-0.3, -0.25) is 0 Å². The van der Waals surface area contributed by atoms with Gasteiger partial charge in [-0.25, -0.2) is 4.98 Å². The van der Waals surface area contributed by atoms with Crippen LogP contribution in [0.15, 0.2) is 8.83 Å². The Labute approximate surface area is 118 Å². The maximum absolute atomic E-state index is 5.46. The van der Waals surface area contributed by atoms with Gasteiger partial charge >= 0.3 is 6.01 Å². The highest BCUT2D eigenvalue weighted by atomic mass is 16.4. The van der Waals surface area contributed by atoms with Crippen molar-refractivity contribution < 1.29 is 8.83 Å². The Morgan fingerprint density at radius 2 is 1.85 bits per heavy atom. The molecule has 0 saturated carbocycles. The summed E-state index contributed by atoms with van der Waals surface area (Å²) in [4.78, 5) is 4.27. The molecule has 2 heterocycles. The summed E-state index contributed by atoms with van der Waals surface area (Å²) in [7, 11) is 0. The molecule has 2 aromatic heterocycles. The lowest BCUT2D eigenvalue weighted by atomic mass is 10.2. The third kappa shape index (κ3) is 4.06. The second-order valence-corrected chi connectivity index (χ2v) is 5.13. The maximum Gasteiger partial charge on any atom is 0.315 e. The molecule has 110 valence electrons. The van der Waals surface area contributed by atoms with Gasteiger partial charge in [0.1, 0.15) is 5.76 Å². The molecule has 7 nitrogen and oxygen atoms in total. The van der Waals surface area contributed by atoms with E-state index < -0.39 is 0 Å². The predicted octanol–water partition coefficient (Wildman–Crippen LogP) is 2.03. The second-order valence-electron chi connectivity index (χ2n) is 5.13. The van der Waals surface area contributed by atoms with Crippen molar-refractivity contribution in [2.75, 3.05) is 11.9 Å². The number of nitrogens with one attached hydrogen (secondary N) is 2. The third-order valence-electron chi connectivity index (χ3n) is 2.76. The zero-order valence-corrected chi connectivity index (χ0v) is 12.4. The van der Waals surface area contributed by atoms with Crippen LogP contribution in [0.25, 0.3) is 0 Å². The van der Waals surface area contributed by atoms with Crippen LogP contribution in [0.1, 0.15) is 37.1 Å². The monoisotopic (exact) mass is 279 g/mol. The quantitative estimate of drug-likeness (QED) is 0.801. The summed E-state index contributed by atoms with van der Waals surface area (Å²) in [6.07, 6.45) is 0. The summed E-state index contributed by atoms with van der Waals surface area (Å²) in [5.41, 5.74) is 0.894. The van der Waals surface area contributed by atoms with E-state index in [0.29, 0.717) is 36.8 Å². The first-order valence-corrected chi connectivity index (χ1v) is 6.74. The van der Waals surface area contributed by atoms with Crippen LogP contribution in [0, 0.1) is 19.8 Å². The second kappa shape index (κ2) is 6.51. The van der Waals surface area contributed by atoms with E-state index >= 15 is 0 Å². The highest BCUT2D eigenvalue weighted by Gasteiger charge is 2.09. The van der Waals surface area contributed by atoms with Crippen molar-refractivity contribution in [1.29, 1.82) is 0 Å². The van der Waals surface area contributed by atoms with Gasteiger partial charge < -0.3 is 19.5 Å². The SMILES string of the molecule is Cc1nc(CNc2nnc(CNCC(C)C)o2)oc1C. The number of hydrogen-bond acceptors (Lipinski definition) is 7.